The second kappa shape index (κ2) is 5.83. The highest BCUT2D eigenvalue weighted by atomic mass is 19.1. The summed E-state index contributed by atoms with van der Waals surface area (Å²) in [6.45, 7) is 5.51. The lowest BCUT2D eigenvalue weighted by molar-refractivity contribution is 0.404. The second-order valence-corrected chi connectivity index (χ2v) is 4.10. The zero-order chi connectivity index (χ0) is 11.3. The maximum atomic E-state index is 12.9. The Morgan fingerprint density at radius 3 is 2.67 bits per heavy atom. The first-order chi connectivity index (χ1) is 7.13. The van der Waals surface area contributed by atoms with Gasteiger partial charge in [-0.15, -0.1) is 0 Å². The Kier molecular flexibility index (Phi) is 4.72. The van der Waals surface area contributed by atoms with Crippen LogP contribution in [0, 0.1) is 11.7 Å². The molecular formula is C12H19FN2. The van der Waals surface area contributed by atoms with Gasteiger partial charge in [-0.05, 0) is 23.6 Å². The summed E-state index contributed by atoms with van der Waals surface area (Å²) in [6, 6.07) is 6.91. The molecule has 84 valence electrons. The van der Waals surface area contributed by atoms with Crippen LogP contribution in [0.25, 0.3) is 0 Å². The van der Waals surface area contributed by atoms with Crippen molar-refractivity contribution in [2.75, 3.05) is 6.54 Å². The summed E-state index contributed by atoms with van der Waals surface area (Å²) in [5, 5.41) is 3.32. The number of nitrogens with one attached hydrogen (secondary N) is 1. The molecule has 0 saturated carbocycles. The van der Waals surface area contributed by atoms with Gasteiger partial charge in [0.1, 0.15) is 5.82 Å². The van der Waals surface area contributed by atoms with E-state index in [1.807, 2.05) is 6.07 Å². The third kappa shape index (κ3) is 3.98. The molecule has 3 N–H and O–H groups in total. The van der Waals surface area contributed by atoms with Crippen LogP contribution in [0.4, 0.5) is 4.39 Å². The van der Waals surface area contributed by atoms with Gasteiger partial charge >= 0.3 is 0 Å². The molecule has 1 unspecified atom stereocenters. The van der Waals surface area contributed by atoms with E-state index in [0.29, 0.717) is 19.0 Å². The molecular weight excluding hydrogens is 191 g/mol. The van der Waals surface area contributed by atoms with Gasteiger partial charge in [0.25, 0.3) is 0 Å². The van der Waals surface area contributed by atoms with Gasteiger partial charge in [-0.25, -0.2) is 4.39 Å². The molecule has 0 aliphatic heterocycles. The van der Waals surface area contributed by atoms with E-state index in [2.05, 4.69) is 19.2 Å². The minimum Gasteiger partial charge on any atom is -0.329 e. The Labute approximate surface area is 90.7 Å². The lowest BCUT2D eigenvalue weighted by atomic mass is 10.0. The van der Waals surface area contributed by atoms with E-state index in [9.17, 15) is 4.39 Å². The monoisotopic (exact) mass is 210 g/mol. The van der Waals surface area contributed by atoms with E-state index in [1.165, 1.54) is 6.07 Å². The van der Waals surface area contributed by atoms with E-state index in [4.69, 9.17) is 5.73 Å². The van der Waals surface area contributed by atoms with Crippen LogP contribution in [-0.2, 0) is 6.54 Å². The third-order valence-electron chi connectivity index (χ3n) is 2.52. The molecule has 0 heterocycles. The van der Waals surface area contributed by atoms with Crippen molar-refractivity contribution in [3.8, 4) is 0 Å². The molecule has 3 heteroatoms. The molecule has 1 rings (SSSR count). The molecule has 0 aliphatic rings. The molecule has 0 aromatic heterocycles. The zero-order valence-corrected chi connectivity index (χ0v) is 9.33. The van der Waals surface area contributed by atoms with Crippen LogP contribution >= 0.6 is 0 Å². The summed E-state index contributed by atoms with van der Waals surface area (Å²) in [7, 11) is 0. The topological polar surface area (TPSA) is 38.0 Å². The van der Waals surface area contributed by atoms with E-state index in [0.717, 1.165) is 5.56 Å². The molecule has 0 aliphatic carbocycles. The molecule has 0 spiro atoms. The van der Waals surface area contributed by atoms with Crippen molar-refractivity contribution in [3.63, 3.8) is 0 Å². The molecule has 15 heavy (non-hydrogen) atoms. The Hall–Kier alpha value is -0.930. The molecule has 1 aromatic rings. The molecule has 0 bridgehead atoms. The van der Waals surface area contributed by atoms with Crippen molar-refractivity contribution in [1.29, 1.82) is 0 Å². The summed E-state index contributed by atoms with van der Waals surface area (Å²) >= 11 is 0. The van der Waals surface area contributed by atoms with E-state index >= 15 is 0 Å². The maximum absolute atomic E-state index is 12.9. The van der Waals surface area contributed by atoms with Gasteiger partial charge in [0.05, 0.1) is 0 Å². The SMILES string of the molecule is CC(C)C(CN)NCc1cccc(F)c1. The van der Waals surface area contributed by atoms with Gasteiger partial charge in [0.2, 0.25) is 0 Å². The average Bonchev–Trinajstić information content (AvgIpc) is 2.18. The minimum atomic E-state index is -0.192. The number of benzene rings is 1. The molecule has 0 radical (unpaired) electrons. The first-order valence-electron chi connectivity index (χ1n) is 5.31. The highest BCUT2D eigenvalue weighted by Crippen LogP contribution is 2.05. The summed E-state index contributed by atoms with van der Waals surface area (Å²) in [4.78, 5) is 0. The van der Waals surface area contributed by atoms with E-state index < -0.39 is 0 Å². The van der Waals surface area contributed by atoms with Crippen LogP contribution in [0.5, 0.6) is 0 Å². The Bertz CT molecular complexity index is 299. The van der Waals surface area contributed by atoms with Gasteiger partial charge in [0, 0.05) is 19.1 Å². The van der Waals surface area contributed by atoms with Crippen LogP contribution in [0.15, 0.2) is 24.3 Å². The fourth-order valence-electron chi connectivity index (χ4n) is 1.49. The quantitative estimate of drug-likeness (QED) is 0.779. The van der Waals surface area contributed by atoms with Gasteiger partial charge in [-0.2, -0.15) is 0 Å². The smallest absolute Gasteiger partial charge is 0.123 e. The standard InChI is InChI=1S/C12H19FN2/c1-9(2)12(7-14)15-8-10-4-3-5-11(13)6-10/h3-6,9,12,15H,7-8,14H2,1-2H3. The number of nitrogens with two attached hydrogens (primary N) is 1. The largest absolute Gasteiger partial charge is 0.329 e. The number of halogens is 1. The number of hydrogen-bond donors (Lipinski definition) is 2. The Balaban J connectivity index is 2.49. The van der Waals surface area contributed by atoms with Crippen molar-refractivity contribution >= 4 is 0 Å². The molecule has 1 atom stereocenters. The Morgan fingerprint density at radius 1 is 1.40 bits per heavy atom. The fourth-order valence-corrected chi connectivity index (χ4v) is 1.49. The summed E-state index contributed by atoms with van der Waals surface area (Å²) < 4.78 is 12.9. The molecule has 2 nitrogen and oxygen atoms in total. The lowest BCUT2D eigenvalue weighted by Gasteiger charge is -2.20. The van der Waals surface area contributed by atoms with E-state index in [-0.39, 0.29) is 11.9 Å². The van der Waals surface area contributed by atoms with Crippen LogP contribution in [0.1, 0.15) is 19.4 Å². The number of hydrogen-bond acceptors (Lipinski definition) is 2. The maximum Gasteiger partial charge on any atom is 0.123 e. The second-order valence-electron chi connectivity index (χ2n) is 4.10. The summed E-state index contributed by atoms with van der Waals surface area (Å²) in [6.07, 6.45) is 0. The predicted molar refractivity (Wildman–Crippen MR) is 60.9 cm³/mol. The van der Waals surface area contributed by atoms with Crippen LogP contribution < -0.4 is 11.1 Å². The first kappa shape index (κ1) is 12.1. The van der Waals surface area contributed by atoms with Crippen LogP contribution in [0.3, 0.4) is 0 Å². The van der Waals surface area contributed by atoms with Gasteiger partial charge in [-0.3, -0.25) is 0 Å². The molecule has 0 amide bonds. The molecule has 0 fully saturated rings. The number of rotatable bonds is 5. The van der Waals surface area contributed by atoms with Crippen molar-refractivity contribution in [3.05, 3.63) is 35.6 Å². The van der Waals surface area contributed by atoms with Gasteiger partial charge < -0.3 is 11.1 Å². The van der Waals surface area contributed by atoms with Crippen molar-refractivity contribution < 1.29 is 4.39 Å². The summed E-state index contributed by atoms with van der Waals surface area (Å²) in [5.74, 6) is 0.298. The van der Waals surface area contributed by atoms with Gasteiger partial charge in [0.15, 0.2) is 0 Å². The fraction of sp³-hybridized carbons (Fsp3) is 0.500. The van der Waals surface area contributed by atoms with E-state index in [1.54, 1.807) is 12.1 Å². The van der Waals surface area contributed by atoms with Crippen LogP contribution in [0.2, 0.25) is 0 Å². The average molecular weight is 210 g/mol. The van der Waals surface area contributed by atoms with Crippen molar-refractivity contribution in [2.24, 2.45) is 11.7 Å². The predicted octanol–water partition coefficient (Wildman–Crippen LogP) is 1.90. The van der Waals surface area contributed by atoms with Crippen LogP contribution in [-0.4, -0.2) is 12.6 Å². The van der Waals surface area contributed by atoms with Gasteiger partial charge in [-0.1, -0.05) is 26.0 Å². The zero-order valence-electron chi connectivity index (χ0n) is 9.33. The highest BCUT2D eigenvalue weighted by molar-refractivity contribution is 5.16. The summed E-state index contributed by atoms with van der Waals surface area (Å²) in [5.41, 5.74) is 6.58. The normalized spacial score (nSPS) is 13.1. The highest BCUT2D eigenvalue weighted by Gasteiger charge is 2.09. The Morgan fingerprint density at radius 2 is 2.13 bits per heavy atom. The lowest BCUT2D eigenvalue weighted by Crippen LogP contribution is -2.39. The van der Waals surface area contributed by atoms with Crippen molar-refractivity contribution in [2.45, 2.75) is 26.4 Å². The molecule has 1 aromatic carbocycles. The molecule has 0 saturated heterocycles. The minimum absolute atomic E-state index is 0.192. The third-order valence-corrected chi connectivity index (χ3v) is 2.52. The van der Waals surface area contributed by atoms with Crippen molar-refractivity contribution in [1.82, 2.24) is 5.32 Å². The first-order valence-corrected chi connectivity index (χ1v) is 5.31.